The summed E-state index contributed by atoms with van der Waals surface area (Å²) >= 11 is 0. The average molecular weight is 472 g/mol. The summed E-state index contributed by atoms with van der Waals surface area (Å²) in [5, 5.41) is 2.88. The molecular weight excluding hydrogens is 454 g/mol. The van der Waals surface area contributed by atoms with Crippen molar-refractivity contribution in [3.63, 3.8) is 0 Å². The molecule has 5 rings (SSSR count). The van der Waals surface area contributed by atoms with Crippen LogP contribution in [0, 0.1) is 11.6 Å². The van der Waals surface area contributed by atoms with E-state index in [1.54, 1.807) is 42.5 Å². The quantitative estimate of drug-likeness (QED) is 0.577. The number of benzene rings is 3. The monoisotopic (exact) mass is 472 g/mol. The maximum Gasteiger partial charge on any atom is 0.261 e. The van der Waals surface area contributed by atoms with E-state index in [-0.39, 0.29) is 35.5 Å². The molecule has 2 heterocycles. The van der Waals surface area contributed by atoms with Crippen molar-refractivity contribution < 1.29 is 23.2 Å². The maximum atomic E-state index is 14.5. The van der Waals surface area contributed by atoms with Crippen molar-refractivity contribution in [2.45, 2.75) is 0 Å². The van der Waals surface area contributed by atoms with Gasteiger partial charge in [-0.2, -0.15) is 0 Å². The number of hydrogen-bond acceptors (Lipinski definition) is 6. The van der Waals surface area contributed by atoms with Crippen LogP contribution in [0.1, 0.15) is 31.8 Å². The molecule has 35 heavy (non-hydrogen) atoms. The first-order valence-electron chi connectivity index (χ1n) is 10.8. The number of amides is 2. The minimum atomic E-state index is -0.518. The number of nitrogens with one attached hydrogen (secondary N) is 1. The van der Waals surface area contributed by atoms with Crippen LogP contribution in [0.4, 0.5) is 14.5 Å². The third-order valence-corrected chi connectivity index (χ3v) is 5.69. The van der Waals surface area contributed by atoms with E-state index >= 15 is 0 Å². The molecule has 3 aromatic rings. The molecule has 0 bridgehead atoms. The van der Waals surface area contributed by atoms with Gasteiger partial charge in [-0.15, -0.1) is 0 Å². The van der Waals surface area contributed by atoms with Gasteiger partial charge in [-0.3, -0.25) is 24.3 Å². The van der Waals surface area contributed by atoms with Gasteiger partial charge in [-0.05, 0) is 42.5 Å². The molecule has 0 aliphatic carbocycles. The highest BCUT2D eigenvalue weighted by Crippen LogP contribution is 2.27. The fourth-order valence-electron chi connectivity index (χ4n) is 4.01. The summed E-state index contributed by atoms with van der Waals surface area (Å²) in [5.74, 6) is -2.16. The molecule has 0 aromatic heterocycles. The van der Waals surface area contributed by atoms with Gasteiger partial charge in [0.2, 0.25) is 0 Å². The van der Waals surface area contributed by atoms with Gasteiger partial charge < -0.3 is 5.32 Å². The number of amidine groups is 1. The molecule has 2 amide bonds. The average Bonchev–Trinajstić information content (AvgIpc) is 2.99. The zero-order valence-electron chi connectivity index (χ0n) is 18.3. The number of nitrogens with zero attached hydrogens (tertiary/aromatic N) is 3. The van der Waals surface area contributed by atoms with Crippen LogP contribution < -0.4 is 5.32 Å². The van der Waals surface area contributed by atoms with Crippen molar-refractivity contribution in [3.05, 3.63) is 101 Å². The SMILES string of the molecule is O=C(CNC1=Nc2ccc(F)cc2C(c2ccccc2F)=NC1)CN1C(=O)c2ccccc2C1=O. The second-order valence-corrected chi connectivity index (χ2v) is 8.00. The van der Waals surface area contributed by atoms with Crippen molar-refractivity contribution in [1.82, 2.24) is 10.2 Å². The highest BCUT2D eigenvalue weighted by molar-refractivity contribution is 6.22. The Kier molecular flexibility index (Phi) is 5.74. The smallest absolute Gasteiger partial charge is 0.261 e. The molecule has 0 saturated carbocycles. The normalized spacial score (nSPS) is 14.6. The second kappa shape index (κ2) is 9.02. The van der Waals surface area contributed by atoms with Gasteiger partial charge >= 0.3 is 0 Å². The first-order valence-corrected chi connectivity index (χ1v) is 10.8. The van der Waals surface area contributed by atoms with Gasteiger partial charge in [0.05, 0.1) is 42.2 Å². The van der Waals surface area contributed by atoms with Crippen LogP contribution in [-0.4, -0.2) is 53.7 Å². The van der Waals surface area contributed by atoms with Crippen molar-refractivity contribution >= 4 is 34.8 Å². The third kappa shape index (κ3) is 4.23. The van der Waals surface area contributed by atoms with E-state index in [0.717, 1.165) is 4.90 Å². The summed E-state index contributed by atoms with van der Waals surface area (Å²) in [7, 11) is 0. The third-order valence-electron chi connectivity index (χ3n) is 5.69. The largest absolute Gasteiger partial charge is 0.365 e. The molecule has 0 unspecified atom stereocenters. The standard InChI is InChI=1S/C26H18F2N4O3/c27-15-9-10-22-20(11-15)24(19-7-3-4-8-21(19)28)30-13-23(31-22)29-12-16(33)14-32-25(34)17-5-1-2-6-18(17)26(32)35/h1-11H,12-14H2,(H,29,31). The van der Waals surface area contributed by atoms with E-state index in [0.29, 0.717) is 17.1 Å². The predicted octanol–water partition coefficient (Wildman–Crippen LogP) is 3.30. The van der Waals surface area contributed by atoms with Crippen LogP contribution >= 0.6 is 0 Å². The molecular formula is C26H18F2N4O3. The van der Waals surface area contributed by atoms with Gasteiger partial charge in [-0.1, -0.05) is 24.3 Å². The van der Waals surface area contributed by atoms with Gasteiger partial charge in [0.1, 0.15) is 17.5 Å². The van der Waals surface area contributed by atoms with Crippen molar-refractivity contribution in [2.75, 3.05) is 19.6 Å². The van der Waals surface area contributed by atoms with Crippen molar-refractivity contribution in [3.8, 4) is 0 Å². The Balaban J connectivity index is 1.33. The van der Waals surface area contributed by atoms with E-state index in [1.165, 1.54) is 24.3 Å². The molecule has 2 aliphatic heterocycles. The number of aliphatic imine (C=N–C) groups is 2. The topological polar surface area (TPSA) is 91.2 Å². The number of carbonyl (C=O) groups is 3. The summed E-state index contributed by atoms with van der Waals surface area (Å²) in [4.78, 5) is 47.4. The molecule has 174 valence electrons. The molecule has 0 saturated heterocycles. The molecule has 0 fully saturated rings. The number of rotatable bonds is 5. The minimum Gasteiger partial charge on any atom is -0.365 e. The van der Waals surface area contributed by atoms with Crippen LogP contribution in [0.5, 0.6) is 0 Å². The number of fused-ring (bicyclic) bond motifs is 2. The first kappa shape index (κ1) is 22.3. The molecule has 7 nitrogen and oxygen atoms in total. The highest BCUT2D eigenvalue weighted by atomic mass is 19.1. The number of hydrogen-bond donors (Lipinski definition) is 1. The Morgan fingerprint density at radius 3 is 2.23 bits per heavy atom. The Hall–Kier alpha value is -4.53. The van der Waals surface area contributed by atoms with E-state index in [1.807, 2.05) is 0 Å². The predicted molar refractivity (Wildman–Crippen MR) is 125 cm³/mol. The van der Waals surface area contributed by atoms with Gasteiger partial charge in [0.15, 0.2) is 5.78 Å². The number of halogens is 2. The number of Topliss-reactive ketones (excluding diaryl/α,β-unsaturated/α-hetero) is 1. The Bertz CT molecular complexity index is 1410. The number of carbonyl (C=O) groups excluding carboxylic acids is 3. The molecule has 0 radical (unpaired) electrons. The van der Waals surface area contributed by atoms with Crippen LogP contribution in [0.25, 0.3) is 0 Å². The zero-order valence-corrected chi connectivity index (χ0v) is 18.3. The van der Waals surface area contributed by atoms with E-state index in [2.05, 4.69) is 15.3 Å². The summed E-state index contributed by atoms with van der Waals surface area (Å²) in [6.45, 7) is -0.619. The molecule has 2 aliphatic rings. The van der Waals surface area contributed by atoms with Crippen LogP contribution in [-0.2, 0) is 4.79 Å². The highest BCUT2D eigenvalue weighted by Gasteiger charge is 2.36. The lowest BCUT2D eigenvalue weighted by molar-refractivity contribution is -0.118. The Morgan fingerprint density at radius 2 is 1.54 bits per heavy atom. The first-order chi connectivity index (χ1) is 16.9. The summed E-state index contributed by atoms with van der Waals surface area (Å²) in [5.41, 5.74) is 1.67. The van der Waals surface area contributed by atoms with Crippen LogP contribution in [0.3, 0.4) is 0 Å². The zero-order chi connectivity index (χ0) is 24.5. The number of imide groups is 1. The molecule has 0 atom stereocenters. The molecule has 9 heteroatoms. The van der Waals surface area contributed by atoms with Gasteiger partial charge in [0, 0.05) is 11.1 Å². The molecule has 1 N–H and O–H groups in total. The Labute approximate surface area is 198 Å². The minimum absolute atomic E-state index is 0.0136. The number of ketones is 1. The maximum absolute atomic E-state index is 14.5. The fraction of sp³-hybridized carbons (Fsp3) is 0.115. The van der Waals surface area contributed by atoms with E-state index in [9.17, 15) is 23.2 Å². The fourth-order valence-corrected chi connectivity index (χ4v) is 4.01. The van der Waals surface area contributed by atoms with Crippen LogP contribution in [0.2, 0.25) is 0 Å². The van der Waals surface area contributed by atoms with E-state index < -0.39 is 35.8 Å². The molecule has 0 spiro atoms. The van der Waals surface area contributed by atoms with Crippen molar-refractivity contribution in [1.29, 1.82) is 0 Å². The van der Waals surface area contributed by atoms with Gasteiger partial charge in [0.25, 0.3) is 11.8 Å². The van der Waals surface area contributed by atoms with Crippen LogP contribution in [0.15, 0.2) is 76.7 Å². The lowest BCUT2D eigenvalue weighted by Gasteiger charge is -2.13. The van der Waals surface area contributed by atoms with Crippen molar-refractivity contribution in [2.24, 2.45) is 9.98 Å². The lowest BCUT2D eigenvalue weighted by atomic mass is 10.00. The van der Waals surface area contributed by atoms with Gasteiger partial charge in [-0.25, -0.2) is 13.8 Å². The second-order valence-electron chi connectivity index (χ2n) is 8.00. The summed E-state index contributed by atoms with van der Waals surface area (Å²) in [6, 6.07) is 16.4. The summed E-state index contributed by atoms with van der Waals surface area (Å²) in [6.07, 6.45) is 0. The molecule has 3 aromatic carbocycles. The van der Waals surface area contributed by atoms with E-state index in [4.69, 9.17) is 0 Å². The Morgan fingerprint density at radius 1 is 0.886 bits per heavy atom. The summed E-state index contributed by atoms with van der Waals surface area (Å²) < 4.78 is 28.5. The lowest BCUT2D eigenvalue weighted by Crippen LogP contribution is -2.40.